The zero-order chi connectivity index (χ0) is 28.3. The topological polar surface area (TPSA) is 100 Å². The maximum absolute atomic E-state index is 12.2. The van der Waals surface area contributed by atoms with Crippen molar-refractivity contribution in [3.05, 3.63) is 48.1 Å². The third-order valence-corrected chi connectivity index (χ3v) is 7.93. The van der Waals surface area contributed by atoms with Crippen molar-refractivity contribution in [2.24, 2.45) is 17.8 Å². The van der Waals surface area contributed by atoms with E-state index in [0.717, 1.165) is 18.4 Å². The highest BCUT2D eigenvalue weighted by Gasteiger charge is 2.36. The maximum atomic E-state index is 12.2. The summed E-state index contributed by atoms with van der Waals surface area (Å²) in [6.07, 6.45) is 15.6. The van der Waals surface area contributed by atoms with E-state index >= 15 is 0 Å². The molecule has 4 N–H and O–H groups in total. The Morgan fingerprint density at radius 1 is 1.18 bits per heavy atom. The molecule has 2 aliphatic heterocycles. The van der Waals surface area contributed by atoms with Crippen LogP contribution in [0.3, 0.4) is 0 Å². The molecule has 2 aliphatic rings. The van der Waals surface area contributed by atoms with Gasteiger partial charge in [0.1, 0.15) is 0 Å². The largest absolute Gasteiger partial charge is 0.391 e. The van der Waals surface area contributed by atoms with E-state index in [9.17, 15) is 15.0 Å². The van der Waals surface area contributed by atoms with Crippen molar-refractivity contribution in [1.29, 1.82) is 0 Å². The fraction of sp³-hybridized carbons (Fsp3) is 0.710. The first-order chi connectivity index (χ1) is 17.9. The Morgan fingerprint density at radius 2 is 1.92 bits per heavy atom. The number of carbonyl (C=O) groups is 1. The van der Waals surface area contributed by atoms with E-state index in [1.807, 2.05) is 33.0 Å². The van der Waals surface area contributed by atoms with Crippen LogP contribution in [-0.2, 0) is 14.3 Å². The number of likely N-dealkylation sites (N-methyl/N-ethyl adjacent to an activating group) is 1. The molecule has 0 radical (unpaired) electrons. The van der Waals surface area contributed by atoms with E-state index in [0.29, 0.717) is 31.7 Å². The molecule has 0 bridgehead atoms. The number of nitrogens with one attached hydrogen (secondary N) is 2. The molecule has 1 fully saturated rings. The Kier molecular flexibility index (Phi) is 13.4. The number of amides is 1. The first-order valence-corrected chi connectivity index (χ1v) is 14.3. The van der Waals surface area contributed by atoms with Gasteiger partial charge in [0.25, 0.3) is 0 Å². The average molecular weight is 533 g/mol. The molecule has 38 heavy (non-hydrogen) atoms. The lowest BCUT2D eigenvalue weighted by Crippen LogP contribution is -2.54. The lowest BCUT2D eigenvalue weighted by molar-refractivity contribution is -0.241. The van der Waals surface area contributed by atoms with Crippen molar-refractivity contribution in [1.82, 2.24) is 10.6 Å². The van der Waals surface area contributed by atoms with Crippen molar-refractivity contribution in [2.75, 3.05) is 13.6 Å². The number of aliphatic hydroxyl groups is 2. The number of hydrogen-bond acceptors (Lipinski definition) is 6. The van der Waals surface area contributed by atoms with Gasteiger partial charge in [0.2, 0.25) is 5.91 Å². The number of carbonyl (C=O) groups excluding carboxylic acids is 1. The summed E-state index contributed by atoms with van der Waals surface area (Å²) < 4.78 is 12.5. The molecule has 0 aromatic carbocycles. The molecule has 9 atom stereocenters. The van der Waals surface area contributed by atoms with Gasteiger partial charge >= 0.3 is 0 Å². The highest BCUT2D eigenvalue weighted by Crippen LogP contribution is 2.29. The average Bonchev–Trinajstić information content (AvgIpc) is 2.84. The minimum atomic E-state index is -0.863. The molecule has 2 heterocycles. The Bertz CT molecular complexity index is 837. The lowest BCUT2D eigenvalue weighted by atomic mass is 9.84. The fourth-order valence-electron chi connectivity index (χ4n) is 5.09. The smallest absolute Gasteiger partial charge is 0.243 e. The summed E-state index contributed by atoms with van der Waals surface area (Å²) in [5.74, 6) is 0.290. The Hall–Kier alpha value is -1.77. The van der Waals surface area contributed by atoms with Crippen LogP contribution in [0.15, 0.2) is 48.1 Å². The Labute approximate surface area is 230 Å². The second-order valence-electron chi connectivity index (χ2n) is 11.6. The first-order valence-electron chi connectivity index (χ1n) is 14.3. The lowest BCUT2D eigenvalue weighted by Gasteiger charge is -2.39. The van der Waals surface area contributed by atoms with Gasteiger partial charge in [0.15, 0.2) is 6.29 Å². The van der Waals surface area contributed by atoms with Gasteiger partial charge in [-0.3, -0.25) is 4.79 Å². The van der Waals surface area contributed by atoms with Crippen LogP contribution in [0.2, 0.25) is 0 Å². The molecule has 216 valence electrons. The molecule has 0 aromatic rings. The Morgan fingerprint density at radius 3 is 2.61 bits per heavy atom. The van der Waals surface area contributed by atoms with Gasteiger partial charge in [-0.05, 0) is 59.4 Å². The van der Waals surface area contributed by atoms with Gasteiger partial charge in [-0.1, -0.05) is 62.8 Å². The van der Waals surface area contributed by atoms with E-state index < -0.39 is 18.0 Å². The Balaban J connectivity index is 2.23. The van der Waals surface area contributed by atoms with Crippen LogP contribution in [0, 0.1) is 17.8 Å². The van der Waals surface area contributed by atoms with Gasteiger partial charge in [0.05, 0.1) is 30.0 Å². The van der Waals surface area contributed by atoms with Crippen LogP contribution in [0.1, 0.15) is 73.6 Å². The van der Waals surface area contributed by atoms with Crippen LogP contribution >= 0.6 is 0 Å². The third-order valence-electron chi connectivity index (χ3n) is 7.93. The second-order valence-corrected chi connectivity index (χ2v) is 11.6. The van der Waals surface area contributed by atoms with Crippen LogP contribution in [0.4, 0.5) is 0 Å². The molecule has 0 spiro atoms. The van der Waals surface area contributed by atoms with Crippen LogP contribution in [-0.4, -0.2) is 66.0 Å². The van der Waals surface area contributed by atoms with E-state index in [1.54, 1.807) is 12.2 Å². The maximum Gasteiger partial charge on any atom is 0.243 e. The number of hydrogen-bond donors (Lipinski definition) is 4. The molecule has 0 saturated carbocycles. The van der Waals surface area contributed by atoms with E-state index in [4.69, 9.17) is 9.47 Å². The summed E-state index contributed by atoms with van der Waals surface area (Å²) in [6.45, 7) is 12.8. The molecule has 1 saturated heterocycles. The van der Waals surface area contributed by atoms with Gasteiger partial charge in [0, 0.05) is 30.9 Å². The summed E-state index contributed by atoms with van der Waals surface area (Å²) in [7, 11) is 1.82. The molecule has 7 nitrogen and oxygen atoms in total. The quantitative estimate of drug-likeness (QED) is 0.402. The molecule has 1 amide bonds. The van der Waals surface area contributed by atoms with Crippen LogP contribution < -0.4 is 10.6 Å². The monoisotopic (exact) mass is 532 g/mol. The summed E-state index contributed by atoms with van der Waals surface area (Å²) >= 11 is 0. The van der Waals surface area contributed by atoms with Gasteiger partial charge in [-0.2, -0.15) is 0 Å². The highest BCUT2D eigenvalue weighted by molar-refractivity contribution is 5.87. The molecule has 7 heteroatoms. The number of rotatable bonds is 3. The van der Waals surface area contributed by atoms with Crippen molar-refractivity contribution < 1.29 is 24.5 Å². The second kappa shape index (κ2) is 15.7. The van der Waals surface area contributed by atoms with Gasteiger partial charge in [-0.25, -0.2) is 0 Å². The van der Waals surface area contributed by atoms with Crippen molar-refractivity contribution in [3.8, 4) is 0 Å². The SMILES string of the molecule is CN[C@H]1[C@@H](O)C[C@H](O[C@H]2C/C=C(\C)C[C@](C)(O)[C@H](C)/C=C/CC[C@H](C)CNC(=O)/C=C/C=C/[C@@H]2C)O[C@@H]1C. The van der Waals surface area contributed by atoms with Gasteiger partial charge in [-0.15, -0.1) is 0 Å². The minimum absolute atomic E-state index is 0.00392. The summed E-state index contributed by atoms with van der Waals surface area (Å²) in [4.78, 5) is 12.2. The normalized spacial score (nSPS) is 42.8. The van der Waals surface area contributed by atoms with E-state index in [2.05, 4.69) is 56.6 Å². The van der Waals surface area contributed by atoms with E-state index in [-0.39, 0.29) is 36.0 Å². The van der Waals surface area contributed by atoms with Crippen LogP contribution in [0.5, 0.6) is 0 Å². The van der Waals surface area contributed by atoms with Crippen molar-refractivity contribution >= 4 is 5.91 Å². The fourth-order valence-corrected chi connectivity index (χ4v) is 5.09. The summed E-state index contributed by atoms with van der Waals surface area (Å²) in [5, 5.41) is 27.9. The highest BCUT2D eigenvalue weighted by atomic mass is 16.7. The number of aliphatic hydroxyl groups excluding tert-OH is 1. The van der Waals surface area contributed by atoms with E-state index in [1.165, 1.54) is 0 Å². The third kappa shape index (κ3) is 10.8. The van der Waals surface area contributed by atoms with Crippen LogP contribution in [0.25, 0.3) is 0 Å². The molecule has 0 unspecified atom stereocenters. The molecule has 0 aromatic heterocycles. The van der Waals surface area contributed by atoms with Gasteiger partial charge < -0.3 is 30.3 Å². The van der Waals surface area contributed by atoms with Crippen molar-refractivity contribution in [2.45, 2.75) is 110 Å². The molecule has 2 rings (SSSR count). The predicted octanol–water partition coefficient (Wildman–Crippen LogP) is 4.42. The zero-order valence-corrected chi connectivity index (χ0v) is 24.5. The number of ether oxygens (including phenoxy) is 2. The summed E-state index contributed by atoms with van der Waals surface area (Å²) in [5.41, 5.74) is 0.242. The number of allylic oxidation sites excluding steroid dienone is 3. The minimum Gasteiger partial charge on any atom is -0.391 e. The molecule has 0 aliphatic carbocycles. The van der Waals surface area contributed by atoms with Crippen molar-refractivity contribution in [3.63, 3.8) is 0 Å². The summed E-state index contributed by atoms with van der Waals surface area (Å²) in [6, 6.07) is -0.134. The molecular weight excluding hydrogens is 480 g/mol. The zero-order valence-electron chi connectivity index (χ0n) is 24.5. The predicted molar refractivity (Wildman–Crippen MR) is 153 cm³/mol. The standard InChI is InChI=1S/C31H52N2O5/c1-21-16-17-27(38-29-18-26(34)30(32-7)25(5)37-29)23(3)13-9-11-15-28(35)33-20-22(2)12-8-10-14-24(4)31(6,36)19-21/h9-11,13-16,22-27,29-30,32,34,36H,8,12,17-20H2,1-7H3,(H,33,35)/b13-9+,14-10+,15-11+,21-16+/t22-,23-,24+,25+,26-,27-,29-,30+,31-/m0/s1. The first kappa shape index (κ1) is 32.4. The molecular formula is C31H52N2O5.